The van der Waals surface area contributed by atoms with Crippen LogP contribution in [-0.2, 0) is 22.4 Å². The molecule has 0 radical (unpaired) electrons. The monoisotopic (exact) mass is 282 g/mol. The molecular formula is C12H14N2O4S. The van der Waals surface area contributed by atoms with Crippen molar-refractivity contribution >= 4 is 29.1 Å². The predicted molar refractivity (Wildman–Crippen MR) is 69.0 cm³/mol. The molecule has 0 unspecified atom stereocenters. The summed E-state index contributed by atoms with van der Waals surface area (Å²) < 4.78 is 0. The molecule has 2 amide bonds. The molecule has 6 nitrogen and oxygen atoms in total. The third-order valence-corrected chi connectivity index (χ3v) is 4.21. The average Bonchev–Trinajstić information content (AvgIpc) is 2.86. The Morgan fingerprint density at radius 1 is 1.42 bits per heavy atom. The van der Waals surface area contributed by atoms with Crippen LogP contribution < -0.4 is 11.1 Å². The van der Waals surface area contributed by atoms with Gasteiger partial charge in [-0.3, -0.25) is 9.59 Å². The number of hydrogen-bond donors (Lipinski definition) is 3. The molecule has 102 valence electrons. The molecule has 0 saturated heterocycles. The molecule has 0 aromatic carbocycles. The molecule has 2 rings (SSSR count). The smallest absolute Gasteiger partial charge is 0.326 e. The number of hydrogen-bond acceptors (Lipinski definition) is 4. The molecular weight excluding hydrogens is 268 g/mol. The molecule has 1 aliphatic rings. The SMILES string of the molecule is NC(=O)C[C@@H](NC(=O)c1cc2c(s1)CCC2)C(=O)O. The number of carbonyl (C=O) groups is 3. The third-order valence-electron chi connectivity index (χ3n) is 2.98. The fraction of sp³-hybridized carbons (Fsp3) is 0.417. The van der Waals surface area contributed by atoms with E-state index in [4.69, 9.17) is 10.8 Å². The molecule has 19 heavy (non-hydrogen) atoms. The third kappa shape index (κ3) is 3.11. The van der Waals surface area contributed by atoms with Crippen molar-refractivity contribution in [1.82, 2.24) is 5.32 Å². The van der Waals surface area contributed by atoms with Crippen molar-refractivity contribution in [2.45, 2.75) is 31.7 Å². The summed E-state index contributed by atoms with van der Waals surface area (Å²) in [5.74, 6) is -2.49. The number of fused-ring (bicyclic) bond motifs is 1. The molecule has 1 aromatic rings. The summed E-state index contributed by atoms with van der Waals surface area (Å²) in [7, 11) is 0. The van der Waals surface area contributed by atoms with Gasteiger partial charge in [0, 0.05) is 4.88 Å². The standard InChI is InChI=1S/C12H14N2O4S/c13-10(15)5-7(12(17)18)14-11(16)9-4-6-2-1-3-8(6)19-9/h4,7H,1-3,5H2,(H2,13,15)(H,14,16)(H,17,18)/t7-/m1/s1. The Hall–Kier alpha value is -1.89. The van der Waals surface area contributed by atoms with Crippen LogP contribution in [0.25, 0.3) is 0 Å². The van der Waals surface area contributed by atoms with Gasteiger partial charge in [-0.05, 0) is 30.9 Å². The van der Waals surface area contributed by atoms with Gasteiger partial charge in [0.15, 0.2) is 0 Å². The molecule has 0 fully saturated rings. The van der Waals surface area contributed by atoms with Gasteiger partial charge in [0.05, 0.1) is 11.3 Å². The summed E-state index contributed by atoms with van der Waals surface area (Å²) in [5.41, 5.74) is 6.12. The van der Waals surface area contributed by atoms with Gasteiger partial charge in [-0.15, -0.1) is 11.3 Å². The second kappa shape index (κ2) is 5.40. The maximum atomic E-state index is 11.9. The van der Waals surface area contributed by atoms with Crippen molar-refractivity contribution in [2.24, 2.45) is 5.73 Å². The molecule has 1 aromatic heterocycles. The van der Waals surface area contributed by atoms with E-state index >= 15 is 0 Å². The second-order valence-electron chi connectivity index (χ2n) is 4.45. The Kier molecular flexibility index (Phi) is 3.84. The van der Waals surface area contributed by atoms with Crippen molar-refractivity contribution in [3.8, 4) is 0 Å². The number of carbonyl (C=O) groups excluding carboxylic acids is 2. The van der Waals surface area contributed by atoms with Crippen LogP contribution in [0, 0.1) is 0 Å². The van der Waals surface area contributed by atoms with Crippen LogP contribution in [0.15, 0.2) is 6.07 Å². The van der Waals surface area contributed by atoms with Crippen molar-refractivity contribution < 1.29 is 19.5 Å². The maximum Gasteiger partial charge on any atom is 0.326 e. The van der Waals surface area contributed by atoms with Crippen LogP contribution in [0.4, 0.5) is 0 Å². The van der Waals surface area contributed by atoms with Crippen LogP contribution in [0.2, 0.25) is 0 Å². The van der Waals surface area contributed by atoms with Gasteiger partial charge in [-0.2, -0.15) is 0 Å². The number of amides is 2. The number of aryl methyl sites for hydroxylation is 2. The molecule has 1 aliphatic carbocycles. The zero-order valence-corrected chi connectivity index (χ0v) is 11.0. The lowest BCUT2D eigenvalue weighted by Crippen LogP contribution is -2.43. The number of thiophene rings is 1. The fourth-order valence-corrected chi connectivity index (χ4v) is 3.23. The first-order valence-electron chi connectivity index (χ1n) is 5.91. The number of aliphatic carboxylic acids is 1. The van der Waals surface area contributed by atoms with E-state index in [1.54, 1.807) is 6.07 Å². The summed E-state index contributed by atoms with van der Waals surface area (Å²) in [6.07, 6.45) is 2.62. The van der Waals surface area contributed by atoms with E-state index in [-0.39, 0.29) is 0 Å². The largest absolute Gasteiger partial charge is 0.480 e. The van der Waals surface area contributed by atoms with Crippen molar-refractivity contribution in [3.05, 3.63) is 21.4 Å². The van der Waals surface area contributed by atoms with E-state index < -0.39 is 30.2 Å². The van der Waals surface area contributed by atoms with E-state index in [1.165, 1.54) is 16.2 Å². The highest BCUT2D eigenvalue weighted by Gasteiger charge is 2.25. The Bertz CT molecular complexity index is 516. The van der Waals surface area contributed by atoms with Crippen LogP contribution in [-0.4, -0.2) is 28.9 Å². The van der Waals surface area contributed by atoms with Gasteiger partial charge < -0.3 is 16.2 Å². The highest BCUT2D eigenvalue weighted by atomic mass is 32.1. The molecule has 0 bridgehead atoms. The number of nitrogens with two attached hydrogens (primary N) is 1. The van der Waals surface area contributed by atoms with Gasteiger partial charge in [-0.1, -0.05) is 0 Å². The van der Waals surface area contributed by atoms with Crippen molar-refractivity contribution in [1.29, 1.82) is 0 Å². The van der Waals surface area contributed by atoms with Gasteiger partial charge in [0.1, 0.15) is 6.04 Å². The van der Waals surface area contributed by atoms with E-state index in [0.717, 1.165) is 24.8 Å². The highest BCUT2D eigenvalue weighted by molar-refractivity contribution is 7.14. The molecule has 0 saturated carbocycles. The quantitative estimate of drug-likeness (QED) is 0.721. The van der Waals surface area contributed by atoms with Gasteiger partial charge >= 0.3 is 5.97 Å². The number of carboxylic acid groups (broad SMARTS) is 1. The first-order chi connectivity index (χ1) is 8.97. The molecule has 0 spiro atoms. The number of rotatable bonds is 5. The van der Waals surface area contributed by atoms with Crippen LogP contribution >= 0.6 is 11.3 Å². The number of primary amides is 1. The molecule has 1 atom stereocenters. The minimum absolute atomic E-state index is 0.411. The minimum Gasteiger partial charge on any atom is -0.480 e. The van der Waals surface area contributed by atoms with Crippen molar-refractivity contribution in [2.75, 3.05) is 0 Å². The van der Waals surface area contributed by atoms with Crippen molar-refractivity contribution in [3.63, 3.8) is 0 Å². The highest BCUT2D eigenvalue weighted by Crippen LogP contribution is 2.30. The van der Waals surface area contributed by atoms with E-state index in [2.05, 4.69) is 5.32 Å². The number of nitrogens with one attached hydrogen (secondary N) is 1. The predicted octanol–water partition coefficient (Wildman–Crippen LogP) is 0.295. The van der Waals surface area contributed by atoms with E-state index in [0.29, 0.717) is 4.88 Å². The first kappa shape index (κ1) is 13.5. The molecule has 4 N–H and O–H groups in total. The summed E-state index contributed by atoms with van der Waals surface area (Å²) >= 11 is 1.38. The Morgan fingerprint density at radius 3 is 2.74 bits per heavy atom. The first-order valence-corrected chi connectivity index (χ1v) is 6.72. The van der Waals surface area contributed by atoms with Gasteiger partial charge in [-0.25, -0.2) is 4.79 Å². The average molecular weight is 282 g/mol. The Labute approximate surface area is 113 Å². The zero-order chi connectivity index (χ0) is 14.0. The van der Waals surface area contributed by atoms with E-state index in [1.807, 2.05) is 0 Å². The lowest BCUT2D eigenvalue weighted by Gasteiger charge is -2.11. The normalized spacial score (nSPS) is 14.7. The van der Waals surface area contributed by atoms with Crippen LogP contribution in [0.1, 0.15) is 33.0 Å². The molecule has 0 aliphatic heterocycles. The minimum atomic E-state index is -1.28. The Balaban J connectivity index is 2.06. The topological polar surface area (TPSA) is 109 Å². The molecule has 7 heteroatoms. The fourth-order valence-electron chi connectivity index (χ4n) is 2.07. The lowest BCUT2D eigenvalue weighted by atomic mass is 10.2. The second-order valence-corrected chi connectivity index (χ2v) is 5.58. The van der Waals surface area contributed by atoms with E-state index in [9.17, 15) is 14.4 Å². The lowest BCUT2D eigenvalue weighted by molar-refractivity contribution is -0.140. The molecule has 1 heterocycles. The summed E-state index contributed by atoms with van der Waals surface area (Å²) in [4.78, 5) is 35.3. The summed E-state index contributed by atoms with van der Waals surface area (Å²) in [5, 5.41) is 11.2. The van der Waals surface area contributed by atoms with Gasteiger partial charge in [0.25, 0.3) is 5.91 Å². The van der Waals surface area contributed by atoms with Crippen LogP contribution in [0.5, 0.6) is 0 Å². The summed E-state index contributed by atoms with van der Waals surface area (Å²) in [6, 6.07) is 0.521. The Morgan fingerprint density at radius 2 is 2.16 bits per heavy atom. The maximum absolute atomic E-state index is 11.9. The number of carboxylic acids is 1. The van der Waals surface area contributed by atoms with Gasteiger partial charge in [0.2, 0.25) is 5.91 Å². The van der Waals surface area contributed by atoms with Crippen LogP contribution in [0.3, 0.4) is 0 Å². The zero-order valence-electron chi connectivity index (χ0n) is 10.1. The summed E-state index contributed by atoms with van der Waals surface area (Å²) in [6.45, 7) is 0.